The van der Waals surface area contributed by atoms with E-state index in [0.717, 1.165) is 32.1 Å². The van der Waals surface area contributed by atoms with E-state index in [1.54, 1.807) is 4.90 Å². The molecule has 4 N–H and O–H groups in total. The Morgan fingerprint density at radius 3 is 2.32 bits per heavy atom. The Morgan fingerprint density at radius 1 is 1.00 bits per heavy atom. The fourth-order valence-corrected chi connectivity index (χ4v) is 6.59. The molecule has 14 heteroatoms. The number of nitrogens with zero attached hydrogens (tertiary/aromatic N) is 3. The van der Waals surface area contributed by atoms with Crippen LogP contribution in [0.5, 0.6) is 0 Å². The summed E-state index contributed by atoms with van der Waals surface area (Å²) < 4.78 is 5.45. The highest BCUT2D eigenvalue weighted by atomic mass is 16.5. The van der Waals surface area contributed by atoms with Gasteiger partial charge in [0, 0.05) is 31.9 Å². The van der Waals surface area contributed by atoms with Crippen LogP contribution in [0.25, 0.3) is 0 Å². The van der Waals surface area contributed by atoms with E-state index in [9.17, 15) is 28.8 Å². The molecule has 0 bridgehead atoms. The molecule has 14 nitrogen and oxygen atoms in total. The zero-order valence-electron chi connectivity index (χ0n) is 28.2. The minimum Gasteiger partial charge on any atom is -0.450 e. The molecule has 2 aliphatic carbocycles. The van der Waals surface area contributed by atoms with Crippen LogP contribution in [-0.4, -0.2) is 93.2 Å². The molecule has 0 spiro atoms. The number of esters is 1. The Labute approximate surface area is 275 Å². The molecule has 0 radical (unpaired) electrons. The van der Waals surface area contributed by atoms with Gasteiger partial charge in [0.2, 0.25) is 17.7 Å². The van der Waals surface area contributed by atoms with E-state index in [4.69, 9.17) is 4.74 Å². The highest BCUT2D eigenvalue weighted by Crippen LogP contribution is 2.43. The quantitative estimate of drug-likeness (QED) is 0.227. The number of amides is 5. The number of aromatic nitrogens is 2. The molecule has 258 valence electrons. The third kappa shape index (κ3) is 9.04. The number of ether oxygens (including phenoxy) is 1. The van der Waals surface area contributed by atoms with Gasteiger partial charge >= 0.3 is 5.97 Å². The van der Waals surface area contributed by atoms with E-state index in [0.29, 0.717) is 19.4 Å². The lowest BCUT2D eigenvalue weighted by Crippen LogP contribution is -2.61. The predicted molar refractivity (Wildman–Crippen MR) is 170 cm³/mol. The van der Waals surface area contributed by atoms with Crippen LogP contribution in [0.3, 0.4) is 0 Å². The largest absolute Gasteiger partial charge is 0.450 e. The van der Waals surface area contributed by atoms with Crippen LogP contribution in [0, 0.1) is 17.3 Å². The number of rotatable bonds is 13. The van der Waals surface area contributed by atoms with Crippen molar-refractivity contribution in [1.82, 2.24) is 36.1 Å². The zero-order valence-corrected chi connectivity index (χ0v) is 28.2. The van der Waals surface area contributed by atoms with Crippen LogP contribution in [-0.2, 0) is 28.7 Å². The molecule has 4 rings (SSSR count). The summed E-state index contributed by atoms with van der Waals surface area (Å²) >= 11 is 0. The molecule has 1 aromatic rings. The second-order valence-corrected chi connectivity index (χ2v) is 14.1. The fraction of sp³-hybridized carbons (Fsp3) is 0.697. The summed E-state index contributed by atoms with van der Waals surface area (Å²) in [5.74, 6) is -3.01. The van der Waals surface area contributed by atoms with Gasteiger partial charge in [0.05, 0.1) is 12.2 Å². The first kappa shape index (κ1) is 35.7. The van der Waals surface area contributed by atoms with Crippen LogP contribution >= 0.6 is 0 Å². The number of fused-ring (bicyclic) bond motifs is 1. The second kappa shape index (κ2) is 15.2. The van der Waals surface area contributed by atoms with Gasteiger partial charge in [0.1, 0.15) is 23.8 Å². The van der Waals surface area contributed by atoms with Crippen molar-refractivity contribution in [2.24, 2.45) is 17.3 Å². The zero-order chi connectivity index (χ0) is 34.5. The Balaban J connectivity index is 1.53. The van der Waals surface area contributed by atoms with Crippen molar-refractivity contribution in [3.05, 3.63) is 24.3 Å². The van der Waals surface area contributed by atoms with Crippen LogP contribution in [0.4, 0.5) is 0 Å². The number of carbonyl (C=O) groups excluding carboxylic acids is 6. The Bertz CT molecular complexity index is 1330. The maximum atomic E-state index is 14.4. The Kier molecular flexibility index (Phi) is 11.6. The standard InChI is InChI=1S/C33H49N7O7/c1-7-9-23(26(47-19(3)41)31(45)37-21-12-13-21)38-30(44)25-22-11-8-10-20(22)17-40(25)32(46)27(33(4,5)6)39-28(42)18(2)36-29(43)24-16-34-14-15-35-24/h14-16,18,20-23,25-27H,7-13,17H2,1-6H3,(H,36,43)(H,37,45)(H,38,44)(H,39,42)/t18-,20-,22-,23-,25-,26?,27+/m0/s1. The topological polar surface area (TPSA) is 189 Å². The van der Waals surface area contributed by atoms with Crippen molar-refractivity contribution in [1.29, 1.82) is 0 Å². The summed E-state index contributed by atoms with van der Waals surface area (Å²) in [6.45, 7) is 10.5. The third-order valence-corrected chi connectivity index (χ3v) is 9.15. The molecule has 0 aromatic carbocycles. The van der Waals surface area contributed by atoms with Crippen LogP contribution < -0.4 is 21.3 Å². The third-order valence-electron chi connectivity index (χ3n) is 9.15. The van der Waals surface area contributed by atoms with Crippen molar-refractivity contribution in [3.8, 4) is 0 Å². The first-order valence-electron chi connectivity index (χ1n) is 16.7. The minimum atomic E-state index is -1.21. The van der Waals surface area contributed by atoms with Gasteiger partial charge in [-0.05, 0) is 56.3 Å². The van der Waals surface area contributed by atoms with Gasteiger partial charge in [0.15, 0.2) is 6.10 Å². The molecule has 7 atom stereocenters. The van der Waals surface area contributed by atoms with Gasteiger partial charge in [-0.1, -0.05) is 40.5 Å². The van der Waals surface area contributed by atoms with Crippen molar-refractivity contribution < 1.29 is 33.5 Å². The normalized spacial score (nSPS) is 23.0. The molecule has 2 saturated carbocycles. The van der Waals surface area contributed by atoms with E-state index < -0.39 is 71.2 Å². The molecule has 3 aliphatic rings. The maximum Gasteiger partial charge on any atom is 0.303 e. The first-order chi connectivity index (χ1) is 22.2. The summed E-state index contributed by atoms with van der Waals surface area (Å²) in [5, 5.41) is 11.3. The molecule has 2 heterocycles. The monoisotopic (exact) mass is 655 g/mol. The fourth-order valence-electron chi connectivity index (χ4n) is 6.59. The number of likely N-dealkylation sites (tertiary alicyclic amines) is 1. The number of carbonyl (C=O) groups is 6. The smallest absolute Gasteiger partial charge is 0.303 e. The van der Waals surface area contributed by atoms with Crippen LogP contribution in [0.1, 0.15) is 97.0 Å². The minimum absolute atomic E-state index is 0.0355. The molecule has 1 aliphatic heterocycles. The maximum absolute atomic E-state index is 14.4. The average Bonchev–Trinajstić information content (AvgIpc) is 3.57. The van der Waals surface area contributed by atoms with E-state index in [1.807, 2.05) is 27.7 Å². The van der Waals surface area contributed by atoms with E-state index in [-0.39, 0.29) is 23.6 Å². The predicted octanol–water partition coefficient (Wildman–Crippen LogP) is 1.25. The summed E-state index contributed by atoms with van der Waals surface area (Å²) in [5.41, 5.74) is -0.693. The highest BCUT2D eigenvalue weighted by Gasteiger charge is 2.52. The van der Waals surface area contributed by atoms with Gasteiger partial charge in [-0.2, -0.15) is 0 Å². The van der Waals surface area contributed by atoms with E-state index in [2.05, 4.69) is 31.2 Å². The van der Waals surface area contributed by atoms with Crippen molar-refractivity contribution in [2.75, 3.05) is 6.54 Å². The van der Waals surface area contributed by atoms with Crippen LogP contribution in [0.2, 0.25) is 0 Å². The summed E-state index contributed by atoms with van der Waals surface area (Å²) in [4.78, 5) is 89.0. The summed E-state index contributed by atoms with van der Waals surface area (Å²) in [7, 11) is 0. The summed E-state index contributed by atoms with van der Waals surface area (Å²) in [6.07, 6.45) is 8.15. The lowest BCUT2D eigenvalue weighted by molar-refractivity contribution is -0.157. The molecule has 1 saturated heterocycles. The molecule has 1 unspecified atom stereocenters. The van der Waals surface area contributed by atoms with Gasteiger partial charge in [0.25, 0.3) is 11.8 Å². The Hall–Kier alpha value is -4.10. The second-order valence-electron chi connectivity index (χ2n) is 14.1. The lowest BCUT2D eigenvalue weighted by atomic mass is 9.85. The van der Waals surface area contributed by atoms with Crippen molar-refractivity contribution in [3.63, 3.8) is 0 Å². The number of hydrogen-bond donors (Lipinski definition) is 4. The molecule has 3 fully saturated rings. The lowest BCUT2D eigenvalue weighted by Gasteiger charge is -2.37. The highest BCUT2D eigenvalue weighted by molar-refractivity contribution is 5.98. The SMILES string of the molecule is CCC[C@H](NC(=O)[C@@H]1[C@H]2CCC[C@H]2CN1C(=O)[C@@H](NC(=O)[C@H](C)NC(=O)c1cnccn1)C(C)(C)C)C(OC(C)=O)C(=O)NC1CC1. The molecular weight excluding hydrogens is 606 g/mol. The first-order valence-corrected chi connectivity index (χ1v) is 16.7. The van der Waals surface area contributed by atoms with E-state index in [1.165, 1.54) is 32.4 Å². The number of hydrogen-bond acceptors (Lipinski definition) is 9. The van der Waals surface area contributed by atoms with Gasteiger partial charge in [-0.3, -0.25) is 33.8 Å². The summed E-state index contributed by atoms with van der Waals surface area (Å²) in [6, 6.07) is -3.58. The average molecular weight is 656 g/mol. The van der Waals surface area contributed by atoms with Gasteiger partial charge in [-0.15, -0.1) is 0 Å². The number of nitrogens with one attached hydrogen (secondary N) is 4. The van der Waals surface area contributed by atoms with Gasteiger partial charge in [-0.25, -0.2) is 4.98 Å². The molecule has 47 heavy (non-hydrogen) atoms. The van der Waals surface area contributed by atoms with Gasteiger partial charge < -0.3 is 30.9 Å². The Morgan fingerprint density at radius 2 is 1.72 bits per heavy atom. The van der Waals surface area contributed by atoms with Crippen molar-refractivity contribution >= 4 is 35.5 Å². The molecular formula is C33H49N7O7. The molecule has 1 aromatic heterocycles. The van der Waals surface area contributed by atoms with Crippen LogP contribution in [0.15, 0.2) is 18.6 Å². The van der Waals surface area contributed by atoms with E-state index >= 15 is 0 Å². The van der Waals surface area contributed by atoms with Crippen molar-refractivity contribution in [2.45, 2.75) is 123 Å². The molecule has 5 amide bonds.